The van der Waals surface area contributed by atoms with Gasteiger partial charge in [-0.25, -0.2) is 4.98 Å². The van der Waals surface area contributed by atoms with E-state index in [2.05, 4.69) is 20.6 Å². The maximum absolute atomic E-state index is 11.0. The van der Waals surface area contributed by atoms with E-state index in [-0.39, 0.29) is 5.91 Å². The SMILES string of the molecule is CNCC(=O)NCCc1cnc[nH]1. The minimum Gasteiger partial charge on any atom is -0.355 e. The van der Waals surface area contributed by atoms with Gasteiger partial charge in [-0.3, -0.25) is 4.79 Å². The number of nitrogens with one attached hydrogen (secondary N) is 3. The summed E-state index contributed by atoms with van der Waals surface area (Å²) in [4.78, 5) is 17.8. The fourth-order valence-corrected chi connectivity index (χ4v) is 0.981. The molecule has 5 heteroatoms. The first-order chi connectivity index (χ1) is 6.33. The predicted octanol–water partition coefficient (Wildman–Crippen LogP) is -0.712. The Morgan fingerprint density at radius 3 is 3.15 bits per heavy atom. The van der Waals surface area contributed by atoms with Crippen LogP contribution in [-0.2, 0) is 11.2 Å². The number of rotatable bonds is 5. The Bertz CT molecular complexity index is 245. The average Bonchev–Trinajstić information content (AvgIpc) is 2.57. The number of amides is 1. The Balaban J connectivity index is 2.11. The van der Waals surface area contributed by atoms with Crippen LogP contribution >= 0.6 is 0 Å². The number of aromatic amines is 1. The molecule has 0 aliphatic heterocycles. The minimum atomic E-state index is 0.0158. The second-order valence-electron chi connectivity index (χ2n) is 2.71. The number of hydrogen-bond donors (Lipinski definition) is 3. The number of imidazole rings is 1. The second-order valence-corrected chi connectivity index (χ2v) is 2.71. The van der Waals surface area contributed by atoms with Crippen LogP contribution in [0.1, 0.15) is 5.69 Å². The molecule has 0 aliphatic carbocycles. The number of carbonyl (C=O) groups excluding carboxylic acids is 1. The highest BCUT2D eigenvalue weighted by Gasteiger charge is 1.98. The number of nitrogens with zero attached hydrogens (tertiary/aromatic N) is 1. The predicted molar refractivity (Wildman–Crippen MR) is 49.2 cm³/mol. The van der Waals surface area contributed by atoms with Gasteiger partial charge in [0, 0.05) is 24.9 Å². The van der Waals surface area contributed by atoms with Gasteiger partial charge in [-0.05, 0) is 7.05 Å². The molecule has 0 bridgehead atoms. The van der Waals surface area contributed by atoms with Crippen LogP contribution in [0.5, 0.6) is 0 Å². The number of hydrogen-bond acceptors (Lipinski definition) is 3. The monoisotopic (exact) mass is 182 g/mol. The normalized spacial score (nSPS) is 9.92. The Labute approximate surface area is 76.9 Å². The number of likely N-dealkylation sites (N-methyl/N-ethyl adjacent to an activating group) is 1. The van der Waals surface area contributed by atoms with Crippen LogP contribution in [0, 0.1) is 0 Å². The van der Waals surface area contributed by atoms with Gasteiger partial charge in [0.05, 0.1) is 12.9 Å². The van der Waals surface area contributed by atoms with Crippen LogP contribution in [0.3, 0.4) is 0 Å². The average molecular weight is 182 g/mol. The van der Waals surface area contributed by atoms with Gasteiger partial charge < -0.3 is 15.6 Å². The molecule has 72 valence electrons. The lowest BCUT2D eigenvalue weighted by Gasteiger charge is -2.02. The zero-order valence-electron chi connectivity index (χ0n) is 7.63. The van der Waals surface area contributed by atoms with Crippen LogP contribution in [0.15, 0.2) is 12.5 Å². The van der Waals surface area contributed by atoms with E-state index < -0.39 is 0 Å². The Hall–Kier alpha value is -1.36. The van der Waals surface area contributed by atoms with Crippen LogP contribution in [0.2, 0.25) is 0 Å². The number of H-pyrrole nitrogens is 1. The van der Waals surface area contributed by atoms with E-state index >= 15 is 0 Å². The third-order valence-electron chi connectivity index (χ3n) is 1.61. The minimum absolute atomic E-state index is 0.0158. The van der Waals surface area contributed by atoms with Crippen molar-refractivity contribution in [2.75, 3.05) is 20.1 Å². The highest BCUT2D eigenvalue weighted by molar-refractivity contribution is 5.77. The van der Waals surface area contributed by atoms with Crippen molar-refractivity contribution in [1.29, 1.82) is 0 Å². The quantitative estimate of drug-likeness (QED) is 0.563. The smallest absolute Gasteiger partial charge is 0.233 e. The van der Waals surface area contributed by atoms with E-state index in [9.17, 15) is 4.79 Å². The topological polar surface area (TPSA) is 69.8 Å². The van der Waals surface area contributed by atoms with Gasteiger partial charge in [-0.2, -0.15) is 0 Å². The molecule has 0 unspecified atom stereocenters. The summed E-state index contributed by atoms with van der Waals surface area (Å²) in [6.45, 7) is 1.01. The van der Waals surface area contributed by atoms with Gasteiger partial charge in [0.25, 0.3) is 0 Å². The van der Waals surface area contributed by atoms with Gasteiger partial charge in [0.2, 0.25) is 5.91 Å². The Morgan fingerprint density at radius 1 is 1.69 bits per heavy atom. The summed E-state index contributed by atoms with van der Waals surface area (Å²) in [5.74, 6) is 0.0158. The molecule has 5 nitrogen and oxygen atoms in total. The van der Waals surface area contributed by atoms with Crippen LogP contribution in [0.4, 0.5) is 0 Å². The molecule has 13 heavy (non-hydrogen) atoms. The van der Waals surface area contributed by atoms with Crippen LogP contribution in [-0.4, -0.2) is 36.0 Å². The summed E-state index contributed by atoms with van der Waals surface area (Å²) in [6.07, 6.45) is 4.17. The molecule has 3 N–H and O–H groups in total. The van der Waals surface area contributed by atoms with E-state index in [0.29, 0.717) is 13.1 Å². The van der Waals surface area contributed by atoms with Crippen LogP contribution in [0.25, 0.3) is 0 Å². The lowest BCUT2D eigenvalue weighted by molar-refractivity contribution is -0.120. The van der Waals surface area contributed by atoms with Gasteiger partial charge in [-0.1, -0.05) is 0 Å². The fraction of sp³-hybridized carbons (Fsp3) is 0.500. The molecule has 0 radical (unpaired) electrons. The second kappa shape index (κ2) is 5.31. The summed E-state index contributed by atoms with van der Waals surface area (Å²) in [6, 6.07) is 0. The van der Waals surface area contributed by atoms with Crippen LogP contribution < -0.4 is 10.6 Å². The zero-order valence-corrected chi connectivity index (χ0v) is 7.63. The van der Waals surface area contributed by atoms with Gasteiger partial charge in [-0.15, -0.1) is 0 Å². The van der Waals surface area contributed by atoms with Crippen molar-refractivity contribution < 1.29 is 4.79 Å². The first-order valence-corrected chi connectivity index (χ1v) is 4.21. The molecule has 1 rings (SSSR count). The van der Waals surface area contributed by atoms with E-state index in [0.717, 1.165) is 12.1 Å². The highest BCUT2D eigenvalue weighted by Crippen LogP contribution is 1.89. The summed E-state index contributed by atoms with van der Waals surface area (Å²) in [5, 5.41) is 5.55. The molecule has 0 spiro atoms. The van der Waals surface area contributed by atoms with Gasteiger partial charge in [0.1, 0.15) is 0 Å². The largest absolute Gasteiger partial charge is 0.355 e. The van der Waals surface area contributed by atoms with Crippen molar-refractivity contribution in [3.8, 4) is 0 Å². The van der Waals surface area contributed by atoms with E-state index in [1.165, 1.54) is 0 Å². The summed E-state index contributed by atoms with van der Waals surface area (Å²) < 4.78 is 0. The fourth-order valence-electron chi connectivity index (χ4n) is 0.981. The van der Waals surface area contributed by atoms with Crippen molar-refractivity contribution in [2.24, 2.45) is 0 Å². The first kappa shape index (κ1) is 9.73. The zero-order chi connectivity index (χ0) is 9.52. The molecule has 0 aliphatic rings. The van der Waals surface area contributed by atoms with Gasteiger partial charge in [0.15, 0.2) is 0 Å². The van der Waals surface area contributed by atoms with Crippen molar-refractivity contribution in [1.82, 2.24) is 20.6 Å². The van der Waals surface area contributed by atoms with Crippen molar-refractivity contribution in [2.45, 2.75) is 6.42 Å². The van der Waals surface area contributed by atoms with Crippen molar-refractivity contribution in [3.63, 3.8) is 0 Å². The first-order valence-electron chi connectivity index (χ1n) is 4.21. The molecule has 0 saturated carbocycles. The van der Waals surface area contributed by atoms with Gasteiger partial charge >= 0.3 is 0 Å². The number of carbonyl (C=O) groups is 1. The van der Waals surface area contributed by atoms with Crippen molar-refractivity contribution >= 4 is 5.91 Å². The summed E-state index contributed by atoms with van der Waals surface area (Å²) >= 11 is 0. The molecule has 1 aromatic heterocycles. The third-order valence-corrected chi connectivity index (χ3v) is 1.61. The molecule has 1 heterocycles. The van der Waals surface area contributed by atoms with E-state index in [1.807, 2.05) is 0 Å². The number of aromatic nitrogens is 2. The Kier molecular flexibility index (Phi) is 3.98. The molecule has 0 saturated heterocycles. The summed E-state index contributed by atoms with van der Waals surface area (Å²) in [7, 11) is 1.74. The molecule has 0 atom stereocenters. The third kappa shape index (κ3) is 3.71. The maximum Gasteiger partial charge on any atom is 0.233 e. The molecule has 1 aromatic rings. The highest BCUT2D eigenvalue weighted by atomic mass is 16.1. The maximum atomic E-state index is 11.0. The Morgan fingerprint density at radius 2 is 2.54 bits per heavy atom. The lowest BCUT2D eigenvalue weighted by Crippen LogP contribution is -2.33. The molecular weight excluding hydrogens is 168 g/mol. The summed E-state index contributed by atoms with van der Waals surface area (Å²) in [5.41, 5.74) is 1.03. The van der Waals surface area contributed by atoms with Crippen molar-refractivity contribution in [3.05, 3.63) is 18.2 Å². The molecule has 0 aromatic carbocycles. The standard InChI is InChI=1S/C8H14N4O/c1-9-5-8(13)11-3-2-7-4-10-6-12-7/h4,6,9H,2-3,5H2,1H3,(H,10,12)(H,11,13). The lowest BCUT2D eigenvalue weighted by atomic mass is 10.3. The van der Waals surface area contributed by atoms with E-state index in [1.54, 1.807) is 19.6 Å². The van der Waals surface area contributed by atoms with E-state index in [4.69, 9.17) is 0 Å². The molecule has 1 amide bonds. The molecule has 0 fully saturated rings. The molecular formula is C8H14N4O.